The van der Waals surface area contributed by atoms with E-state index in [-0.39, 0.29) is 22.6 Å². The lowest BCUT2D eigenvalue weighted by Crippen LogP contribution is -2.44. The maximum Gasteiger partial charge on any atom is 0.293 e. The first-order valence-corrected chi connectivity index (χ1v) is 9.53. The number of piperidine rings is 1. The van der Waals surface area contributed by atoms with Crippen molar-refractivity contribution in [2.45, 2.75) is 25.8 Å². The zero-order valence-corrected chi connectivity index (χ0v) is 16.0. The van der Waals surface area contributed by atoms with Gasteiger partial charge in [-0.3, -0.25) is 14.9 Å². The molecule has 0 spiro atoms. The molecular formula is C16H17BrN4O3S. The van der Waals surface area contributed by atoms with Gasteiger partial charge in [-0.2, -0.15) is 0 Å². The smallest absolute Gasteiger partial charge is 0.293 e. The highest BCUT2D eigenvalue weighted by atomic mass is 79.9. The number of nitrogens with one attached hydrogen (secondary N) is 1. The number of nitro benzene ring substituents is 1. The Hall–Kier alpha value is -2.00. The van der Waals surface area contributed by atoms with Gasteiger partial charge in [-0.1, -0.05) is 15.9 Å². The number of nitro groups is 1. The zero-order valence-electron chi connectivity index (χ0n) is 13.6. The monoisotopic (exact) mass is 424 g/mol. The van der Waals surface area contributed by atoms with Crippen molar-refractivity contribution in [3.05, 3.63) is 48.9 Å². The summed E-state index contributed by atoms with van der Waals surface area (Å²) in [6, 6.07) is 5.17. The van der Waals surface area contributed by atoms with Crippen molar-refractivity contribution >= 4 is 44.5 Å². The summed E-state index contributed by atoms with van der Waals surface area (Å²) in [6.07, 6.45) is 1.49. The number of hydrogen-bond donors (Lipinski definition) is 1. The van der Waals surface area contributed by atoms with Gasteiger partial charge in [-0.25, -0.2) is 4.98 Å². The number of aromatic nitrogens is 1. The Balaban J connectivity index is 1.64. The predicted molar refractivity (Wildman–Crippen MR) is 100 cm³/mol. The summed E-state index contributed by atoms with van der Waals surface area (Å²) in [6.45, 7) is 3.14. The van der Waals surface area contributed by atoms with Gasteiger partial charge in [0.1, 0.15) is 10.6 Å². The van der Waals surface area contributed by atoms with Crippen LogP contribution in [0.15, 0.2) is 28.2 Å². The Bertz CT molecular complexity index is 802. The van der Waals surface area contributed by atoms with Crippen LogP contribution in [-0.4, -0.2) is 34.9 Å². The van der Waals surface area contributed by atoms with Gasteiger partial charge in [0.2, 0.25) is 0 Å². The van der Waals surface area contributed by atoms with E-state index in [9.17, 15) is 14.9 Å². The molecule has 9 heteroatoms. The van der Waals surface area contributed by atoms with E-state index >= 15 is 0 Å². The number of thiazole rings is 1. The van der Waals surface area contributed by atoms with Crippen LogP contribution in [-0.2, 0) is 0 Å². The van der Waals surface area contributed by atoms with Crippen molar-refractivity contribution in [2.75, 3.05) is 18.0 Å². The van der Waals surface area contributed by atoms with Gasteiger partial charge in [0.25, 0.3) is 11.6 Å². The first-order chi connectivity index (χ1) is 12.0. The molecule has 1 fully saturated rings. The number of rotatable bonds is 4. The molecule has 25 heavy (non-hydrogen) atoms. The number of carbonyl (C=O) groups is 1. The van der Waals surface area contributed by atoms with E-state index in [1.54, 1.807) is 11.6 Å². The van der Waals surface area contributed by atoms with Gasteiger partial charge in [-0.15, -0.1) is 11.3 Å². The summed E-state index contributed by atoms with van der Waals surface area (Å²) in [4.78, 5) is 30.0. The number of anilines is 1. The van der Waals surface area contributed by atoms with Crippen molar-refractivity contribution in [1.29, 1.82) is 0 Å². The maximum absolute atomic E-state index is 12.3. The molecule has 0 aliphatic carbocycles. The second-order valence-corrected chi connectivity index (χ2v) is 7.66. The second kappa shape index (κ2) is 7.49. The lowest BCUT2D eigenvalue weighted by molar-refractivity contribution is -0.384. The Labute approximate surface area is 157 Å². The van der Waals surface area contributed by atoms with Crippen molar-refractivity contribution < 1.29 is 9.72 Å². The average molecular weight is 425 g/mol. The molecule has 7 nitrogen and oxygen atoms in total. The lowest BCUT2D eigenvalue weighted by atomic mass is 10.0. The van der Waals surface area contributed by atoms with Crippen molar-refractivity contribution in [1.82, 2.24) is 10.3 Å². The zero-order chi connectivity index (χ0) is 18.0. The number of hydrogen-bond acceptors (Lipinski definition) is 6. The summed E-state index contributed by atoms with van der Waals surface area (Å²) in [7, 11) is 0. The first kappa shape index (κ1) is 17.8. The number of nitrogens with zero attached hydrogens (tertiary/aromatic N) is 3. The third kappa shape index (κ3) is 3.98. The van der Waals surface area contributed by atoms with Crippen LogP contribution in [0.25, 0.3) is 0 Å². The summed E-state index contributed by atoms with van der Waals surface area (Å²) < 4.78 is 0.685. The first-order valence-electron chi connectivity index (χ1n) is 7.85. The van der Waals surface area contributed by atoms with E-state index in [0.717, 1.165) is 18.5 Å². The van der Waals surface area contributed by atoms with Crippen molar-refractivity contribution in [3.8, 4) is 0 Å². The van der Waals surface area contributed by atoms with Crippen molar-refractivity contribution in [2.24, 2.45) is 0 Å². The third-order valence-corrected chi connectivity index (χ3v) is 5.68. The fourth-order valence-corrected chi connectivity index (χ4v) is 4.00. The number of amides is 1. The highest BCUT2D eigenvalue weighted by Crippen LogP contribution is 2.32. The highest BCUT2D eigenvalue weighted by Gasteiger charge is 2.26. The second-order valence-electron chi connectivity index (χ2n) is 5.89. The minimum atomic E-state index is -0.361. The van der Waals surface area contributed by atoms with Crippen LogP contribution in [0.4, 0.5) is 11.4 Å². The Morgan fingerprint density at radius 3 is 2.76 bits per heavy atom. The SMILES string of the molecule is Cc1ncsc1C(=O)NC1CCN(c2ccc(Br)cc2[N+](=O)[O-])CC1. The number of halogens is 1. The fourth-order valence-electron chi connectivity index (χ4n) is 2.95. The third-order valence-electron chi connectivity index (χ3n) is 4.26. The number of carbonyl (C=O) groups excluding carboxylic acids is 1. The molecule has 1 N–H and O–H groups in total. The molecule has 132 valence electrons. The number of benzene rings is 1. The van der Waals surface area contributed by atoms with Gasteiger partial charge in [-0.05, 0) is 31.9 Å². The van der Waals surface area contributed by atoms with E-state index in [2.05, 4.69) is 26.2 Å². The van der Waals surface area contributed by atoms with Gasteiger partial charge < -0.3 is 10.2 Å². The molecule has 0 unspecified atom stereocenters. The molecule has 0 bridgehead atoms. The summed E-state index contributed by atoms with van der Waals surface area (Å²) in [5.74, 6) is -0.0897. The highest BCUT2D eigenvalue weighted by molar-refractivity contribution is 9.10. The van der Waals surface area contributed by atoms with Gasteiger partial charge >= 0.3 is 0 Å². The van der Waals surface area contributed by atoms with E-state index in [1.165, 1.54) is 17.4 Å². The largest absolute Gasteiger partial charge is 0.366 e. The fraction of sp³-hybridized carbons (Fsp3) is 0.375. The van der Waals surface area contributed by atoms with E-state index in [4.69, 9.17) is 0 Å². The quantitative estimate of drug-likeness (QED) is 0.598. The Morgan fingerprint density at radius 1 is 1.44 bits per heavy atom. The van der Waals surface area contributed by atoms with Crippen LogP contribution in [0.1, 0.15) is 28.2 Å². The average Bonchev–Trinajstić information content (AvgIpc) is 3.02. The van der Waals surface area contributed by atoms with Gasteiger partial charge in [0, 0.05) is 29.7 Å². The standard InChI is InChI=1S/C16H17BrN4O3S/c1-10-15(25-9-18-10)16(22)19-12-4-6-20(7-5-12)13-3-2-11(17)8-14(13)21(23)24/h2-3,8-9,12H,4-7H2,1H3,(H,19,22). The molecule has 0 saturated carbocycles. The molecule has 1 aliphatic heterocycles. The van der Waals surface area contributed by atoms with Crippen LogP contribution in [0.2, 0.25) is 0 Å². The molecule has 1 aromatic carbocycles. The van der Waals surface area contributed by atoms with Crippen LogP contribution in [0, 0.1) is 17.0 Å². The van der Waals surface area contributed by atoms with Crippen LogP contribution in [0.3, 0.4) is 0 Å². The predicted octanol–water partition coefficient (Wildman–Crippen LogP) is 3.52. The van der Waals surface area contributed by atoms with Gasteiger partial charge in [0.05, 0.1) is 16.1 Å². The molecule has 1 saturated heterocycles. The molecule has 2 heterocycles. The van der Waals surface area contributed by atoms with Crippen LogP contribution in [0.5, 0.6) is 0 Å². The minimum absolute atomic E-state index is 0.0692. The molecule has 1 aromatic heterocycles. The molecule has 0 atom stereocenters. The van der Waals surface area contributed by atoms with E-state index in [1.807, 2.05) is 17.9 Å². The van der Waals surface area contributed by atoms with E-state index in [0.29, 0.717) is 28.1 Å². The van der Waals surface area contributed by atoms with Crippen LogP contribution >= 0.6 is 27.3 Å². The number of aryl methyl sites for hydroxylation is 1. The molecule has 0 radical (unpaired) electrons. The summed E-state index contributed by atoms with van der Waals surface area (Å²) >= 11 is 4.61. The maximum atomic E-state index is 12.3. The minimum Gasteiger partial charge on any atom is -0.366 e. The molecular weight excluding hydrogens is 408 g/mol. The normalized spacial score (nSPS) is 15.2. The summed E-state index contributed by atoms with van der Waals surface area (Å²) in [5.41, 5.74) is 3.12. The van der Waals surface area contributed by atoms with Gasteiger partial charge in [0.15, 0.2) is 0 Å². The molecule has 3 rings (SSSR count). The van der Waals surface area contributed by atoms with Crippen molar-refractivity contribution in [3.63, 3.8) is 0 Å². The van der Waals surface area contributed by atoms with Crippen LogP contribution < -0.4 is 10.2 Å². The topological polar surface area (TPSA) is 88.4 Å². The van der Waals surface area contributed by atoms with E-state index < -0.39 is 0 Å². The summed E-state index contributed by atoms with van der Waals surface area (Å²) in [5, 5.41) is 14.3. The molecule has 1 amide bonds. The Kier molecular flexibility index (Phi) is 5.33. The molecule has 2 aromatic rings. The molecule has 1 aliphatic rings. The lowest BCUT2D eigenvalue weighted by Gasteiger charge is -2.33. The Morgan fingerprint density at radius 2 is 2.16 bits per heavy atom.